The maximum absolute atomic E-state index is 2.21. The Morgan fingerprint density at radius 3 is 2.60 bits per heavy atom. The molecule has 0 N–H and O–H groups in total. The van der Waals surface area contributed by atoms with E-state index in [1.54, 1.807) is 0 Å². The maximum atomic E-state index is 2.21. The minimum absolute atomic E-state index is 1.14. The van der Waals surface area contributed by atoms with Gasteiger partial charge < -0.3 is 4.57 Å². The maximum Gasteiger partial charge on any atom is 0.0310 e. The van der Waals surface area contributed by atoms with E-state index in [4.69, 9.17) is 0 Å². The molecule has 56 valence electrons. The summed E-state index contributed by atoms with van der Waals surface area (Å²) < 4.78 is 2.21. The fraction of sp³-hybridized carbons (Fsp3) is 0.500. The van der Waals surface area contributed by atoms with Gasteiger partial charge in [0.25, 0.3) is 0 Å². The summed E-state index contributed by atoms with van der Waals surface area (Å²) in [6.07, 6.45) is 4.21. The van der Waals surface area contributed by atoms with Crippen molar-refractivity contribution in [3.8, 4) is 0 Å². The van der Waals surface area contributed by atoms with Gasteiger partial charge in [0, 0.05) is 24.7 Å². The van der Waals surface area contributed by atoms with Gasteiger partial charge in [-0.2, -0.15) is 11.8 Å². The number of thioether (sulfide) groups is 1. The molecule has 0 aromatic carbocycles. The molecule has 0 saturated carbocycles. The second kappa shape index (κ2) is 4.45. The van der Waals surface area contributed by atoms with E-state index in [9.17, 15) is 0 Å². The molecule has 0 unspecified atom stereocenters. The molecule has 1 aromatic rings. The molecule has 0 bridgehead atoms. The van der Waals surface area contributed by atoms with Crippen LogP contribution in [0.5, 0.6) is 0 Å². The number of rotatable bonds is 4. The molecule has 1 aromatic heterocycles. The van der Waals surface area contributed by atoms with Crippen molar-refractivity contribution in [3.63, 3.8) is 0 Å². The minimum atomic E-state index is 1.14. The summed E-state index contributed by atoms with van der Waals surface area (Å²) in [5.74, 6) is 2.45. The molecule has 1 heterocycles. The van der Waals surface area contributed by atoms with Crippen molar-refractivity contribution in [2.24, 2.45) is 0 Å². The van der Waals surface area contributed by atoms with Gasteiger partial charge in [0.2, 0.25) is 0 Å². The van der Waals surface area contributed by atoms with E-state index in [2.05, 4.69) is 36.0 Å². The Labute approximate surface area is 66.4 Å². The number of aryl methyl sites for hydroxylation is 1. The fourth-order valence-electron chi connectivity index (χ4n) is 0.834. The van der Waals surface area contributed by atoms with Crippen molar-refractivity contribution in [1.82, 2.24) is 4.57 Å². The topological polar surface area (TPSA) is 4.93 Å². The van der Waals surface area contributed by atoms with Gasteiger partial charge in [0.15, 0.2) is 0 Å². The minimum Gasteiger partial charge on any atom is -0.353 e. The Bertz CT molecular complexity index is 158. The van der Waals surface area contributed by atoms with Gasteiger partial charge >= 0.3 is 0 Å². The predicted octanol–water partition coefficient (Wildman–Crippen LogP) is 2.24. The molecule has 0 radical (unpaired) electrons. The summed E-state index contributed by atoms with van der Waals surface area (Å²) in [6.45, 7) is 3.34. The lowest BCUT2D eigenvalue weighted by atomic mass is 10.7. The molecule has 1 nitrogen and oxygen atoms in total. The van der Waals surface area contributed by atoms with Crippen molar-refractivity contribution in [2.45, 2.75) is 13.5 Å². The van der Waals surface area contributed by atoms with Crippen LogP contribution in [0.3, 0.4) is 0 Å². The van der Waals surface area contributed by atoms with Crippen LogP contribution >= 0.6 is 11.8 Å². The van der Waals surface area contributed by atoms with Gasteiger partial charge in [0.1, 0.15) is 0 Å². The average molecular weight is 155 g/mol. The molecule has 0 aliphatic rings. The van der Waals surface area contributed by atoms with Crippen LogP contribution in [0.1, 0.15) is 6.92 Å². The van der Waals surface area contributed by atoms with E-state index in [0.717, 1.165) is 6.54 Å². The number of aromatic nitrogens is 1. The first kappa shape index (κ1) is 7.73. The van der Waals surface area contributed by atoms with E-state index in [-0.39, 0.29) is 0 Å². The first-order valence-electron chi connectivity index (χ1n) is 3.62. The largest absolute Gasteiger partial charge is 0.353 e. The third-order valence-electron chi connectivity index (χ3n) is 1.36. The van der Waals surface area contributed by atoms with E-state index >= 15 is 0 Å². The van der Waals surface area contributed by atoms with Crippen LogP contribution in [-0.4, -0.2) is 16.1 Å². The van der Waals surface area contributed by atoms with Crippen molar-refractivity contribution in [3.05, 3.63) is 24.5 Å². The Kier molecular flexibility index (Phi) is 3.44. The summed E-state index contributed by atoms with van der Waals surface area (Å²) in [7, 11) is 0. The van der Waals surface area contributed by atoms with Crippen LogP contribution < -0.4 is 0 Å². The number of nitrogens with zero attached hydrogens (tertiary/aromatic N) is 1. The van der Waals surface area contributed by atoms with Crippen molar-refractivity contribution < 1.29 is 0 Å². The van der Waals surface area contributed by atoms with Crippen molar-refractivity contribution in [2.75, 3.05) is 11.5 Å². The Balaban J connectivity index is 2.15. The van der Waals surface area contributed by atoms with Gasteiger partial charge in [-0.25, -0.2) is 0 Å². The lowest BCUT2D eigenvalue weighted by Crippen LogP contribution is -1.96. The zero-order valence-corrected chi connectivity index (χ0v) is 7.10. The highest BCUT2D eigenvalue weighted by Crippen LogP contribution is 2.00. The highest BCUT2D eigenvalue weighted by Gasteiger charge is 1.86. The smallest absolute Gasteiger partial charge is 0.0310 e. The molecule has 0 saturated heterocycles. The van der Waals surface area contributed by atoms with Crippen LogP contribution in [0.15, 0.2) is 24.5 Å². The summed E-state index contributed by atoms with van der Waals surface area (Å²) in [5, 5.41) is 0. The normalized spacial score (nSPS) is 10.1. The number of hydrogen-bond acceptors (Lipinski definition) is 1. The second-order valence-corrected chi connectivity index (χ2v) is 3.51. The second-order valence-electron chi connectivity index (χ2n) is 2.12. The predicted molar refractivity (Wildman–Crippen MR) is 47.4 cm³/mol. The van der Waals surface area contributed by atoms with Crippen LogP contribution in [0.25, 0.3) is 0 Å². The van der Waals surface area contributed by atoms with E-state index in [1.807, 2.05) is 11.8 Å². The van der Waals surface area contributed by atoms with Gasteiger partial charge in [-0.05, 0) is 17.9 Å². The highest BCUT2D eigenvalue weighted by atomic mass is 32.2. The summed E-state index contributed by atoms with van der Waals surface area (Å²) in [4.78, 5) is 0. The van der Waals surface area contributed by atoms with Gasteiger partial charge in [-0.1, -0.05) is 6.92 Å². The lowest BCUT2D eigenvalue weighted by Gasteiger charge is -1.99. The molecule has 0 fully saturated rings. The molecular weight excluding hydrogens is 142 g/mol. The standard InChI is InChI=1S/C8H13NS/c1-2-10-8-7-9-5-3-4-6-9/h3-6H,2,7-8H2,1H3. The van der Waals surface area contributed by atoms with Crippen LogP contribution in [-0.2, 0) is 6.54 Å². The van der Waals surface area contributed by atoms with Gasteiger partial charge in [-0.3, -0.25) is 0 Å². The molecule has 0 aliphatic carbocycles. The van der Waals surface area contributed by atoms with E-state index < -0.39 is 0 Å². The first-order valence-corrected chi connectivity index (χ1v) is 4.77. The molecular formula is C8H13NS. The van der Waals surface area contributed by atoms with Gasteiger partial charge in [-0.15, -0.1) is 0 Å². The third-order valence-corrected chi connectivity index (χ3v) is 2.24. The van der Waals surface area contributed by atoms with Crippen LogP contribution in [0.4, 0.5) is 0 Å². The zero-order chi connectivity index (χ0) is 7.23. The third kappa shape index (κ3) is 2.48. The van der Waals surface area contributed by atoms with Gasteiger partial charge in [0.05, 0.1) is 0 Å². The van der Waals surface area contributed by atoms with E-state index in [0.29, 0.717) is 0 Å². The Morgan fingerprint density at radius 2 is 2.00 bits per heavy atom. The molecule has 0 atom stereocenters. The van der Waals surface area contributed by atoms with Crippen molar-refractivity contribution >= 4 is 11.8 Å². The number of hydrogen-bond donors (Lipinski definition) is 0. The molecule has 10 heavy (non-hydrogen) atoms. The molecule has 0 spiro atoms. The highest BCUT2D eigenvalue weighted by molar-refractivity contribution is 7.99. The molecule has 0 amide bonds. The quantitative estimate of drug-likeness (QED) is 0.604. The van der Waals surface area contributed by atoms with Crippen LogP contribution in [0, 0.1) is 0 Å². The summed E-state index contributed by atoms with van der Waals surface area (Å²) in [5.41, 5.74) is 0. The summed E-state index contributed by atoms with van der Waals surface area (Å²) >= 11 is 1.99. The van der Waals surface area contributed by atoms with E-state index in [1.165, 1.54) is 11.5 Å². The zero-order valence-electron chi connectivity index (χ0n) is 6.29. The monoisotopic (exact) mass is 155 g/mol. The first-order chi connectivity index (χ1) is 4.93. The summed E-state index contributed by atoms with van der Waals surface area (Å²) in [6, 6.07) is 4.13. The molecule has 0 aliphatic heterocycles. The Morgan fingerprint density at radius 1 is 1.30 bits per heavy atom. The lowest BCUT2D eigenvalue weighted by molar-refractivity contribution is 0.778. The fourth-order valence-corrected chi connectivity index (χ4v) is 1.46. The average Bonchev–Trinajstić information content (AvgIpc) is 2.41. The SMILES string of the molecule is CCSCCn1cccc1. The molecule has 2 heteroatoms. The Hall–Kier alpha value is -0.370. The van der Waals surface area contributed by atoms with Crippen molar-refractivity contribution in [1.29, 1.82) is 0 Å². The molecule has 1 rings (SSSR count). The van der Waals surface area contributed by atoms with Crippen LogP contribution in [0.2, 0.25) is 0 Å².